The Labute approximate surface area is 249 Å². The second kappa shape index (κ2) is 10.7. The van der Waals surface area contributed by atoms with E-state index in [4.69, 9.17) is 9.72 Å². The van der Waals surface area contributed by atoms with Crippen LogP contribution in [0.3, 0.4) is 0 Å². The summed E-state index contributed by atoms with van der Waals surface area (Å²) in [5.74, 6) is 0.0413. The van der Waals surface area contributed by atoms with Gasteiger partial charge in [0.25, 0.3) is 0 Å². The Balaban J connectivity index is 1.29. The molecule has 5 heterocycles. The largest absolute Gasteiger partial charge is 0.508 e. The average Bonchev–Trinajstić information content (AvgIpc) is 3.45. The van der Waals surface area contributed by atoms with Gasteiger partial charge in [0.15, 0.2) is 5.82 Å². The second-order valence-electron chi connectivity index (χ2n) is 12.5. The van der Waals surface area contributed by atoms with E-state index in [0.29, 0.717) is 55.2 Å². The monoisotopic (exact) mass is 590 g/mol. The number of aromatic nitrogens is 3. The molecule has 11 heteroatoms. The van der Waals surface area contributed by atoms with Gasteiger partial charge in [0.05, 0.1) is 10.9 Å². The van der Waals surface area contributed by atoms with Crippen LogP contribution in [0.2, 0.25) is 0 Å². The van der Waals surface area contributed by atoms with Gasteiger partial charge in [0, 0.05) is 50.9 Å². The number of aromatic hydroxyl groups is 1. The zero-order valence-electron chi connectivity index (χ0n) is 24.3. The number of pyridine rings is 1. The molecule has 4 fully saturated rings. The lowest BCUT2D eigenvalue weighted by Crippen LogP contribution is -2.43. The Morgan fingerprint density at radius 3 is 2.88 bits per heavy atom. The quantitative estimate of drug-likeness (QED) is 0.381. The van der Waals surface area contributed by atoms with Crippen LogP contribution in [0.15, 0.2) is 37.1 Å². The lowest BCUT2D eigenvalue weighted by molar-refractivity contribution is -0.125. The molecule has 1 N–H and O–H groups in total. The summed E-state index contributed by atoms with van der Waals surface area (Å²) < 4.78 is 37.2. The van der Waals surface area contributed by atoms with Crippen molar-refractivity contribution in [3.63, 3.8) is 0 Å². The normalized spacial score (nSPS) is 25.3. The van der Waals surface area contributed by atoms with E-state index < -0.39 is 17.5 Å². The number of ether oxygens (including phenoxy) is 1. The molecule has 1 amide bonds. The molecule has 3 saturated heterocycles. The lowest BCUT2D eigenvalue weighted by atomic mass is 9.95. The van der Waals surface area contributed by atoms with Crippen LogP contribution >= 0.6 is 0 Å². The number of carbonyl (C=O) groups excluding carboxylic acids is 1. The zero-order chi connectivity index (χ0) is 29.9. The van der Waals surface area contributed by atoms with Crippen molar-refractivity contribution < 1.29 is 23.4 Å². The fraction of sp³-hybridized carbons (Fsp3) is 0.500. The smallest absolute Gasteiger partial charge is 0.319 e. The van der Waals surface area contributed by atoms with E-state index in [1.54, 1.807) is 23.2 Å². The molecule has 9 nitrogen and oxygen atoms in total. The second-order valence-corrected chi connectivity index (χ2v) is 12.5. The highest BCUT2D eigenvalue weighted by molar-refractivity contribution is 5.92. The Hall–Kier alpha value is -3.86. The van der Waals surface area contributed by atoms with Crippen molar-refractivity contribution in [1.82, 2.24) is 24.8 Å². The van der Waals surface area contributed by atoms with E-state index in [1.807, 2.05) is 18.0 Å². The lowest BCUT2D eigenvalue weighted by Gasteiger charge is -2.31. The molecular weight excluding hydrogens is 554 g/mol. The van der Waals surface area contributed by atoms with E-state index in [0.717, 1.165) is 37.8 Å². The van der Waals surface area contributed by atoms with E-state index in [2.05, 4.69) is 21.4 Å². The molecular formula is C32H36F2N6O3. The molecule has 3 aromatic rings. The van der Waals surface area contributed by atoms with Gasteiger partial charge in [-0.05, 0) is 68.3 Å². The fourth-order valence-electron chi connectivity index (χ4n) is 7.25. The first-order chi connectivity index (χ1) is 20.8. The van der Waals surface area contributed by atoms with E-state index in [1.165, 1.54) is 6.08 Å². The number of hydrogen-bond donors (Lipinski definition) is 1. The number of halogens is 2. The molecule has 0 spiro atoms. The van der Waals surface area contributed by atoms with Crippen LogP contribution in [-0.2, 0) is 4.79 Å². The molecule has 1 saturated carbocycles. The van der Waals surface area contributed by atoms with Gasteiger partial charge >= 0.3 is 6.01 Å². The summed E-state index contributed by atoms with van der Waals surface area (Å²) in [6.45, 7) is 6.09. The maximum absolute atomic E-state index is 16.5. The third kappa shape index (κ3) is 4.97. The number of hydrogen-bond acceptors (Lipinski definition) is 8. The summed E-state index contributed by atoms with van der Waals surface area (Å²) in [7, 11) is 1.87. The molecule has 3 atom stereocenters. The Bertz CT molecular complexity index is 1600. The standard InChI is InChI=1S/C32H36F2N6O3/c1-3-26(42)39-12-9-21(17-39)38(2)30-25-15-35-28(24-13-22(41)7-8-23(24)19-5-6-19)27(34)29(25)36-31(37-30)43-18-32-10-4-11-40(32)16-20(33)14-32/h3,7-8,13,15,19-21,41H,1,4-6,9-12,14,16-18H2,2H3/t20-,21-,32+/m1/s1. The Morgan fingerprint density at radius 1 is 1.26 bits per heavy atom. The fourth-order valence-corrected chi connectivity index (χ4v) is 7.25. The minimum atomic E-state index is -0.902. The average molecular weight is 591 g/mol. The van der Waals surface area contributed by atoms with Gasteiger partial charge in [0.1, 0.15) is 35.6 Å². The van der Waals surface area contributed by atoms with Crippen molar-refractivity contribution in [3.05, 3.63) is 48.4 Å². The van der Waals surface area contributed by atoms with Crippen molar-refractivity contribution in [2.45, 2.75) is 62.2 Å². The van der Waals surface area contributed by atoms with Crippen molar-refractivity contribution in [3.8, 4) is 23.0 Å². The summed E-state index contributed by atoms with van der Waals surface area (Å²) in [6.07, 6.45) is 6.90. The Morgan fingerprint density at radius 2 is 2.09 bits per heavy atom. The molecule has 0 unspecified atom stereocenters. The van der Waals surface area contributed by atoms with Crippen molar-refractivity contribution in [2.24, 2.45) is 0 Å². The summed E-state index contributed by atoms with van der Waals surface area (Å²) in [5, 5.41) is 10.7. The Kier molecular flexibility index (Phi) is 6.95. The van der Waals surface area contributed by atoms with Crippen LogP contribution in [0.1, 0.15) is 50.0 Å². The number of phenolic OH excluding ortho intramolecular Hbond substituents is 1. The van der Waals surface area contributed by atoms with Crippen molar-refractivity contribution in [1.29, 1.82) is 0 Å². The van der Waals surface area contributed by atoms with Crippen LogP contribution in [0.5, 0.6) is 11.8 Å². The highest BCUT2D eigenvalue weighted by Gasteiger charge is 2.49. The first kappa shape index (κ1) is 27.9. The highest BCUT2D eigenvalue weighted by Crippen LogP contribution is 2.46. The van der Waals surface area contributed by atoms with Gasteiger partial charge in [0.2, 0.25) is 5.91 Å². The molecule has 3 aliphatic heterocycles. The van der Waals surface area contributed by atoms with Crippen LogP contribution in [0.4, 0.5) is 14.6 Å². The number of nitrogens with zero attached hydrogens (tertiary/aromatic N) is 6. The van der Waals surface area contributed by atoms with Gasteiger partial charge in [-0.3, -0.25) is 14.7 Å². The molecule has 226 valence electrons. The molecule has 1 aliphatic carbocycles. The number of benzene rings is 1. The van der Waals surface area contributed by atoms with Gasteiger partial charge < -0.3 is 19.6 Å². The third-order valence-electron chi connectivity index (χ3n) is 9.72. The number of likely N-dealkylation sites (N-methyl/N-ethyl adjacent to an activating group) is 1. The molecule has 0 bridgehead atoms. The first-order valence-electron chi connectivity index (χ1n) is 15.1. The summed E-state index contributed by atoms with van der Waals surface area (Å²) in [4.78, 5) is 31.9. The summed E-state index contributed by atoms with van der Waals surface area (Å²) >= 11 is 0. The molecule has 2 aromatic heterocycles. The molecule has 7 rings (SSSR count). The maximum atomic E-state index is 16.5. The number of fused-ring (bicyclic) bond motifs is 2. The van der Waals surface area contributed by atoms with E-state index in [9.17, 15) is 14.3 Å². The molecule has 0 radical (unpaired) electrons. The van der Waals surface area contributed by atoms with Crippen LogP contribution < -0.4 is 9.64 Å². The molecule has 1 aromatic carbocycles. The summed E-state index contributed by atoms with van der Waals surface area (Å²) in [5.41, 5.74) is 1.27. The minimum Gasteiger partial charge on any atom is -0.508 e. The molecule has 43 heavy (non-hydrogen) atoms. The number of carbonyl (C=O) groups is 1. The zero-order valence-corrected chi connectivity index (χ0v) is 24.3. The maximum Gasteiger partial charge on any atom is 0.319 e. The number of anilines is 1. The number of alkyl halides is 1. The highest BCUT2D eigenvalue weighted by atomic mass is 19.1. The number of likely N-dealkylation sites (tertiary alicyclic amines) is 1. The molecule has 4 aliphatic rings. The van der Waals surface area contributed by atoms with Gasteiger partial charge in [-0.25, -0.2) is 8.78 Å². The number of phenols is 1. The van der Waals surface area contributed by atoms with E-state index >= 15 is 4.39 Å². The minimum absolute atomic E-state index is 0.0179. The van der Waals surface area contributed by atoms with Crippen LogP contribution in [0.25, 0.3) is 22.2 Å². The van der Waals surface area contributed by atoms with E-state index in [-0.39, 0.29) is 41.5 Å². The van der Waals surface area contributed by atoms with Crippen molar-refractivity contribution in [2.75, 3.05) is 44.7 Å². The van der Waals surface area contributed by atoms with Gasteiger partial charge in [-0.2, -0.15) is 9.97 Å². The van der Waals surface area contributed by atoms with Crippen LogP contribution in [-0.4, -0.2) is 93.4 Å². The number of amides is 1. The van der Waals surface area contributed by atoms with Gasteiger partial charge in [-0.1, -0.05) is 12.6 Å². The van der Waals surface area contributed by atoms with Crippen molar-refractivity contribution >= 4 is 22.6 Å². The predicted octanol–water partition coefficient (Wildman–Crippen LogP) is 4.59. The van der Waals surface area contributed by atoms with Gasteiger partial charge in [-0.15, -0.1) is 0 Å². The summed E-state index contributed by atoms with van der Waals surface area (Å²) in [6, 6.07) is 4.96. The van der Waals surface area contributed by atoms with Crippen LogP contribution in [0, 0.1) is 5.82 Å². The predicted molar refractivity (Wildman–Crippen MR) is 158 cm³/mol. The SMILES string of the molecule is C=CC(=O)N1CC[C@@H](N(C)c2nc(OC[C@@]34CCCN3C[C@H](F)C4)nc3c(F)c(-c4cc(O)ccc4C4CC4)ncc23)C1. The third-order valence-corrected chi connectivity index (χ3v) is 9.72. The topological polar surface area (TPSA) is 94.9 Å². The first-order valence-corrected chi connectivity index (χ1v) is 15.1. The number of rotatable bonds is 8.